The first-order chi connectivity index (χ1) is 8.99. The van der Waals surface area contributed by atoms with Crippen LogP contribution in [0.25, 0.3) is 0 Å². The summed E-state index contributed by atoms with van der Waals surface area (Å²) in [5.74, 6) is -2.39. The molecule has 100 valence electrons. The predicted molar refractivity (Wildman–Crippen MR) is 65.7 cm³/mol. The lowest BCUT2D eigenvalue weighted by atomic mass is 9.90. The van der Waals surface area contributed by atoms with Crippen LogP contribution >= 0.6 is 0 Å². The van der Waals surface area contributed by atoms with Crippen molar-refractivity contribution < 1.29 is 19.5 Å². The van der Waals surface area contributed by atoms with Crippen LogP contribution < -0.4 is 0 Å². The van der Waals surface area contributed by atoms with Crippen LogP contribution in [0.2, 0.25) is 0 Å². The topological polar surface area (TPSA) is 87.6 Å². The molecule has 1 aliphatic heterocycles. The summed E-state index contributed by atoms with van der Waals surface area (Å²) in [6.07, 6.45) is 1.72. The van der Waals surface area contributed by atoms with Crippen LogP contribution in [0, 0.1) is 0 Å². The fourth-order valence-electron chi connectivity index (χ4n) is 2.42. The lowest BCUT2D eigenvalue weighted by Crippen LogP contribution is -2.56. The Morgan fingerprint density at radius 2 is 1.95 bits per heavy atom. The number of pyridine rings is 1. The number of aliphatic carboxylic acids is 1. The molecule has 0 aromatic carbocycles. The molecule has 19 heavy (non-hydrogen) atoms. The Labute approximate surface area is 110 Å². The Morgan fingerprint density at radius 1 is 1.32 bits per heavy atom. The van der Waals surface area contributed by atoms with Crippen molar-refractivity contribution in [3.05, 3.63) is 29.6 Å². The second-order valence-electron chi connectivity index (χ2n) is 4.39. The van der Waals surface area contributed by atoms with E-state index in [1.165, 1.54) is 12.3 Å². The van der Waals surface area contributed by atoms with Crippen LogP contribution in [0.3, 0.4) is 0 Å². The van der Waals surface area contributed by atoms with Gasteiger partial charge in [-0.05, 0) is 25.0 Å². The lowest BCUT2D eigenvalue weighted by molar-refractivity contribution is -0.149. The summed E-state index contributed by atoms with van der Waals surface area (Å²) in [5, 5.41) is 9.43. The van der Waals surface area contributed by atoms with Gasteiger partial charge in [-0.1, -0.05) is 13.8 Å². The molecule has 0 atom stereocenters. The molecule has 1 aromatic heterocycles. The first kappa shape index (κ1) is 13.2. The molecule has 2 amide bonds. The fourth-order valence-corrected chi connectivity index (χ4v) is 2.42. The maximum atomic E-state index is 12.3. The number of nitrogens with zero attached hydrogens (tertiary/aromatic N) is 2. The Hall–Kier alpha value is -2.24. The molecule has 2 rings (SSSR count). The van der Waals surface area contributed by atoms with Crippen molar-refractivity contribution in [1.82, 2.24) is 9.88 Å². The van der Waals surface area contributed by atoms with Crippen molar-refractivity contribution in [3.8, 4) is 0 Å². The zero-order chi connectivity index (χ0) is 14.2. The predicted octanol–water partition coefficient (Wildman–Crippen LogP) is 1.32. The number of carbonyl (C=O) groups is 3. The van der Waals surface area contributed by atoms with E-state index in [1.54, 1.807) is 19.9 Å². The molecule has 1 aromatic rings. The number of hydrogen-bond acceptors (Lipinski definition) is 4. The second kappa shape index (κ2) is 4.46. The van der Waals surface area contributed by atoms with Crippen LogP contribution in [-0.4, -0.2) is 38.3 Å². The van der Waals surface area contributed by atoms with Gasteiger partial charge in [0, 0.05) is 6.20 Å². The molecule has 1 aliphatic rings. The third-order valence-electron chi connectivity index (χ3n) is 3.64. The molecule has 1 N–H and O–H groups in total. The van der Waals surface area contributed by atoms with Gasteiger partial charge in [-0.15, -0.1) is 0 Å². The number of imide groups is 1. The molecule has 0 fully saturated rings. The minimum absolute atomic E-state index is 0.0278. The van der Waals surface area contributed by atoms with Gasteiger partial charge >= 0.3 is 5.97 Å². The van der Waals surface area contributed by atoms with E-state index in [9.17, 15) is 19.5 Å². The van der Waals surface area contributed by atoms with Gasteiger partial charge in [0.25, 0.3) is 11.8 Å². The maximum absolute atomic E-state index is 12.3. The van der Waals surface area contributed by atoms with Crippen molar-refractivity contribution in [2.45, 2.75) is 32.2 Å². The van der Waals surface area contributed by atoms with Gasteiger partial charge in [0.15, 0.2) is 0 Å². The molecule has 0 saturated heterocycles. The Balaban J connectivity index is 2.57. The van der Waals surface area contributed by atoms with E-state index in [0.717, 1.165) is 4.90 Å². The Bertz CT molecular complexity index is 529. The Kier molecular flexibility index (Phi) is 3.09. The molecular weight excluding hydrogens is 248 g/mol. The van der Waals surface area contributed by atoms with Crippen LogP contribution in [0.4, 0.5) is 0 Å². The summed E-state index contributed by atoms with van der Waals surface area (Å²) < 4.78 is 0. The molecule has 6 heteroatoms. The summed E-state index contributed by atoms with van der Waals surface area (Å²) in [5.41, 5.74) is -1.31. The van der Waals surface area contributed by atoms with Crippen molar-refractivity contribution in [2.24, 2.45) is 0 Å². The van der Waals surface area contributed by atoms with Gasteiger partial charge in [0.1, 0.15) is 11.2 Å². The number of carboxylic acids is 1. The van der Waals surface area contributed by atoms with Crippen molar-refractivity contribution in [2.75, 3.05) is 0 Å². The highest BCUT2D eigenvalue weighted by Crippen LogP contribution is 2.33. The molecule has 6 nitrogen and oxygen atoms in total. The van der Waals surface area contributed by atoms with Crippen LogP contribution in [0.15, 0.2) is 18.3 Å². The van der Waals surface area contributed by atoms with E-state index in [4.69, 9.17) is 0 Å². The number of carboxylic acid groups (broad SMARTS) is 1. The van der Waals surface area contributed by atoms with E-state index in [0.29, 0.717) is 0 Å². The lowest BCUT2D eigenvalue weighted by Gasteiger charge is -2.34. The minimum Gasteiger partial charge on any atom is -0.479 e. The zero-order valence-electron chi connectivity index (χ0n) is 10.7. The van der Waals surface area contributed by atoms with Gasteiger partial charge in [-0.3, -0.25) is 19.5 Å². The molecule has 2 heterocycles. The normalized spacial score (nSPS) is 14.7. The highest BCUT2D eigenvalue weighted by molar-refractivity contribution is 6.22. The molecule has 0 saturated carbocycles. The van der Waals surface area contributed by atoms with Crippen molar-refractivity contribution in [1.29, 1.82) is 0 Å². The molecule has 0 spiro atoms. The zero-order valence-corrected chi connectivity index (χ0v) is 10.7. The molecule has 0 unspecified atom stereocenters. The Morgan fingerprint density at radius 3 is 2.42 bits per heavy atom. The standard InChI is InChI=1S/C13H14N2O4/c1-3-13(4-2,12(18)19)15-10(16)8-6-5-7-14-9(8)11(15)17/h5-7H,3-4H2,1-2H3,(H,18,19). The second-order valence-corrected chi connectivity index (χ2v) is 4.39. The first-order valence-electron chi connectivity index (χ1n) is 6.07. The summed E-state index contributed by atoms with van der Waals surface area (Å²) in [6.45, 7) is 3.29. The third kappa shape index (κ3) is 1.63. The van der Waals surface area contributed by atoms with E-state index in [2.05, 4.69) is 4.98 Å². The van der Waals surface area contributed by atoms with Gasteiger partial charge in [0.2, 0.25) is 0 Å². The molecule has 0 aliphatic carbocycles. The van der Waals surface area contributed by atoms with E-state index in [-0.39, 0.29) is 24.1 Å². The number of hydrogen-bond donors (Lipinski definition) is 1. The van der Waals surface area contributed by atoms with E-state index in [1.807, 2.05) is 0 Å². The summed E-state index contributed by atoms with van der Waals surface area (Å²) in [7, 11) is 0. The monoisotopic (exact) mass is 262 g/mol. The quantitative estimate of drug-likeness (QED) is 0.827. The summed E-state index contributed by atoms with van der Waals surface area (Å²) >= 11 is 0. The number of fused-ring (bicyclic) bond motifs is 1. The van der Waals surface area contributed by atoms with E-state index >= 15 is 0 Å². The molecular formula is C13H14N2O4. The maximum Gasteiger partial charge on any atom is 0.330 e. The van der Waals surface area contributed by atoms with Crippen molar-refractivity contribution in [3.63, 3.8) is 0 Å². The van der Waals surface area contributed by atoms with Crippen LogP contribution in [0.5, 0.6) is 0 Å². The van der Waals surface area contributed by atoms with Gasteiger partial charge in [-0.2, -0.15) is 0 Å². The average Bonchev–Trinajstić information content (AvgIpc) is 2.66. The fraction of sp³-hybridized carbons (Fsp3) is 0.385. The smallest absolute Gasteiger partial charge is 0.330 e. The van der Waals surface area contributed by atoms with Crippen LogP contribution in [0.1, 0.15) is 47.5 Å². The first-order valence-corrected chi connectivity index (χ1v) is 6.07. The van der Waals surface area contributed by atoms with Gasteiger partial charge in [-0.25, -0.2) is 4.79 Å². The minimum atomic E-state index is -1.51. The third-order valence-corrected chi connectivity index (χ3v) is 3.64. The van der Waals surface area contributed by atoms with Gasteiger partial charge in [0.05, 0.1) is 5.56 Å². The number of aromatic nitrogens is 1. The molecule has 0 bridgehead atoms. The summed E-state index contributed by atoms with van der Waals surface area (Å²) in [6, 6.07) is 3.04. The SMILES string of the molecule is CCC(CC)(C(=O)O)N1C(=O)c2cccnc2C1=O. The van der Waals surface area contributed by atoms with Crippen LogP contribution in [-0.2, 0) is 4.79 Å². The van der Waals surface area contributed by atoms with Gasteiger partial charge < -0.3 is 5.11 Å². The highest BCUT2D eigenvalue weighted by atomic mass is 16.4. The average molecular weight is 262 g/mol. The number of carbonyl (C=O) groups excluding carboxylic acids is 2. The molecule has 0 radical (unpaired) electrons. The van der Waals surface area contributed by atoms with Crippen molar-refractivity contribution >= 4 is 17.8 Å². The van der Waals surface area contributed by atoms with E-state index < -0.39 is 23.3 Å². The summed E-state index contributed by atoms with van der Waals surface area (Å²) in [4.78, 5) is 40.8. The largest absolute Gasteiger partial charge is 0.479 e. The highest BCUT2D eigenvalue weighted by Gasteiger charge is 2.52. The number of amides is 2. The number of rotatable bonds is 4.